The highest BCUT2D eigenvalue weighted by Crippen LogP contribution is 2.36. The molecule has 1 unspecified atom stereocenters. The van der Waals surface area contributed by atoms with Crippen LogP contribution in [0, 0.1) is 11.6 Å². The Bertz CT molecular complexity index is 672. The number of para-hydroxylation sites is 1. The third-order valence-corrected chi connectivity index (χ3v) is 4.21. The second-order valence-corrected chi connectivity index (χ2v) is 5.60. The van der Waals surface area contributed by atoms with Crippen molar-refractivity contribution in [2.75, 3.05) is 33.3 Å². The van der Waals surface area contributed by atoms with Gasteiger partial charge >= 0.3 is 0 Å². The van der Waals surface area contributed by atoms with E-state index in [2.05, 4.69) is 10.2 Å². The number of halogens is 2. The second-order valence-electron chi connectivity index (χ2n) is 5.60. The van der Waals surface area contributed by atoms with Crippen LogP contribution in [0.25, 0.3) is 0 Å². The largest absolute Gasteiger partial charge is 0.496 e. The number of nitrogens with zero attached hydrogens (tertiary/aromatic N) is 1. The minimum absolute atomic E-state index is 0.297. The first-order chi connectivity index (χ1) is 11.2. The number of nitrogens with one attached hydrogen (secondary N) is 1. The minimum atomic E-state index is -0.565. The summed E-state index contributed by atoms with van der Waals surface area (Å²) in [5, 5.41) is 3.30. The average molecular weight is 318 g/mol. The van der Waals surface area contributed by atoms with E-state index in [1.165, 1.54) is 12.1 Å². The molecule has 1 heterocycles. The van der Waals surface area contributed by atoms with Crippen molar-refractivity contribution >= 4 is 0 Å². The van der Waals surface area contributed by atoms with Crippen molar-refractivity contribution in [1.29, 1.82) is 0 Å². The SMILES string of the molecule is COc1ccccc1C(c1ccc(F)cc1F)N1CCNCC1. The molecule has 0 bridgehead atoms. The van der Waals surface area contributed by atoms with Gasteiger partial charge in [-0.2, -0.15) is 0 Å². The van der Waals surface area contributed by atoms with Gasteiger partial charge in [-0.1, -0.05) is 24.3 Å². The van der Waals surface area contributed by atoms with Gasteiger partial charge in [0.1, 0.15) is 17.4 Å². The molecule has 1 aliphatic heterocycles. The van der Waals surface area contributed by atoms with E-state index in [4.69, 9.17) is 4.74 Å². The maximum absolute atomic E-state index is 14.5. The topological polar surface area (TPSA) is 24.5 Å². The monoisotopic (exact) mass is 318 g/mol. The number of hydrogen-bond acceptors (Lipinski definition) is 3. The summed E-state index contributed by atoms with van der Waals surface area (Å²) in [4.78, 5) is 2.20. The third kappa shape index (κ3) is 3.35. The minimum Gasteiger partial charge on any atom is -0.496 e. The summed E-state index contributed by atoms with van der Waals surface area (Å²) >= 11 is 0. The molecule has 1 aliphatic rings. The van der Waals surface area contributed by atoms with Crippen LogP contribution >= 0.6 is 0 Å². The molecule has 0 aromatic heterocycles. The first-order valence-corrected chi connectivity index (χ1v) is 7.73. The quantitative estimate of drug-likeness (QED) is 0.938. The normalized spacial score (nSPS) is 17.0. The Morgan fingerprint density at radius 3 is 2.48 bits per heavy atom. The number of hydrogen-bond donors (Lipinski definition) is 1. The van der Waals surface area contributed by atoms with Gasteiger partial charge in [-0.15, -0.1) is 0 Å². The molecule has 1 N–H and O–H groups in total. The van der Waals surface area contributed by atoms with E-state index >= 15 is 0 Å². The molecule has 2 aromatic rings. The summed E-state index contributed by atoms with van der Waals surface area (Å²) in [5.41, 5.74) is 1.36. The van der Waals surface area contributed by atoms with Gasteiger partial charge in [0.2, 0.25) is 0 Å². The van der Waals surface area contributed by atoms with Crippen molar-refractivity contribution in [3.05, 3.63) is 65.2 Å². The van der Waals surface area contributed by atoms with E-state index in [1.54, 1.807) is 7.11 Å². The fourth-order valence-electron chi connectivity index (χ4n) is 3.12. The summed E-state index contributed by atoms with van der Waals surface area (Å²) in [6, 6.07) is 11.1. The van der Waals surface area contributed by atoms with Crippen LogP contribution in [-0.2, 0) is 0 Å². The maximum atomic E-state index is 14.5. The Balaban J connectivity index is 2.09. The third-order valence-electron chi connectivity index (χ3n) is 4.21. The van der Waals surface area contributed by atoms with Crippen LogP contribution in [-0.4, -0.2) is 38.2 Å². The zero-order valence-corrected chi connectivity index (χ0v) is 13.1. The van der Waals surface area contributed by atoms with Crippen LogP contribution in [0.1, 0.15) is 17.2 Å². The Hall–Kier alpha value is -1.98. The van der Waals surface area contributed by atoms with Crippen molar-refractivity contribution in [1.82, 2.24) is 10.2 Å². The highest BCUT2D eigenvalue weighted by molar-refractivity contribution is 5.42. The van der Waals surface area contributed by atoms with Crippen LogP contribution in [0.3, 0.4) is 0 Å². The van der Waals surface area contributed by atoms with Gasteiger partial charge in [0.05, 0.1) is 13.2 Å². The molecule has 1 atom stereocenters. The van der Waals surface area contributed by atoms with Crippen molar-refractivity contribution in [3.63, 3.8) is 0 Å². The molecule has 5 heteroatoms. The van der Waals surface area contributed by atoms with E-state index in [9.17, 15) is 8.78 Å². The molecule has 1 saturated heterocycles. The van der Waals surface area contributed by atoms with Gasteiger partial charge in [-0.05, 0) is 12.1 Å². The van der Waals surface area contributed by atoms with Crippen LogP contribution in [0.2, 0.25) is 0 Å². The lowest BCUT2D eigenvalue weighted by Gasteiger charge is -2.36. The highest BCUT2D eigenvalue weighted by atomic mass is 19.1. The van der Waals surface area contributed by atoms with Crippen LogP contribution in [0.4, 0.5) is 8.78 Å². The predicted molar refractivity (Wildman–Crippen MR) is 85.6 cm³/mol. The molecular formula is C18H20F2N2O. The number of methoxy groups -OCH3 is 1. The number of piperazine rings is 1. The number of rotatable bonds is 4. The predicted octanol–water partition coefficient (Wildman–Crippen LogP) is 2.97. The summed E-state index contributed by atoms with van der Waals surface area (Å²) < 4.78 is 33.2. The Labute approximate surface area is 134 Å². The smallest absolute Gasteiger partial charge is 0.131 e. The van der Waals surface area contributed by atoms with Crippen LogP contribution < -0.4 is 10.1 Å². The molecule has 3 nitrogen and oxygen atoms in total. The van der Waals surface area contributed by atoms with Crippen molar-refractivity contribution in [3.8, 4) is 5.75 Å². The molecular weight excluding hydrogens is 298 g/mol. The van der Waals surface area contributed by atoms with Gasteiger partial charge in [0.15, 0.2) is 0 Å². The molecule has 0 aliphatic carbocycles. The van der Waals surface area contributed by atoms with Crippen LogP contribution in [0.5, 0.6) is 5.75 Å². The molecule has 1 fully saturated rings. The van der Waals surface area contributed by atoms with Crippen molar-refractivity contribution in [2.45, 2.75) is 6.04 Å². The zero-order valence-electron chi connectivity index (χ0n) is 13.1. The van der Waals surface area contributed by atoms with E-state index in [1.807, 2.05) is 24.3 Å². The fraction of sp³-hybridized carbons (Fsp3) is 0.333. The van der Waals surface area contributed by atoms with Crippen LogP contribution in [0.15, 0.2) is 42.5 Å². The Morgan fingerprint density at radius 1 is 1.04 bits per heavy atom. The number of ether oxygens (including phenoxy) is 1. The van der Waals surface area contributed by atoms with E-state index in [0.29, 0.717) is 11.3 Å². The molecule has 0 amide bonds. The highest BCUT2D eigenvalue weighted by Gasteiger charge is 2.28. The maximum Gasteiger partial charge on any atom is 0.131 e. The molecule has 3 rings (SSSR count). The van der Waals surface area contributed by atoms with E-state index in [0.717, 1.165) is 37.8 Å². The van der Waals surface area contributed by atoms with Gasteiger partial charge in [0.25, 0.3) is 0 Å². The lowest BCUT2D eigenvalue weighted by atomic mass is 9.95. The molecule has 122 valence electrons. The van der Waals surface area contributed by atoms with Gasteiger partial charge in [-0.25, -0.2) is 8.78 Å². The molecule has 0 radical (unpaired) electrons. The Kier molecular flexibility index (Phi) is 4.88. The lowest BCUT2D eigenvalue weighted by molar-refractivity contribution is 0.192. The average Bonchev–Trinajstić information content (AvgIpc) is 2.58. The first kappa shape index (κ1) is 15.9. The van der Waals surface area contributed by atoms with E-state index in [-0.39, 0.29) is 6.04 Å². The Morgan fingerprint density at radius 2 is 1.78 bits per heavy atom. The summed E-state index contributed by atoms with van der Waals surface area (Å²) in [6.07, 6.45) is 0. The summed E-state index contributed by atoms with van der Waals surface area (Å²) in [6.45, 7) is 3.27. The summed E-state index contributed by atoms with van der Waals surface area (Å²) in [7, 11) is 1.61. The van der Waals surface area contributed by atoms with Gasteiger partial charge in [-0.3, -0.25) is 4.90 Å². The lowest BCUT2D eigenvalue weighted by Crippen LogP contribution is -2.45. The standard InChI is InChI=1S/C18H20F2N2O/c1-23-17-5-3-2-4-15(17)18(22-10-8-21-9-11-22)14-7-6-13(19)12-16(14)20/h2-7,12,18,21H,8-11H2,1H3. The molecule has 23 heavy (non-hydrogen) atoms. The molecule has 0 spiro atoms. The van der Waals surface area contributed by atoms with Crippen molar-refractivity contribution in [2.24, 2.45) is 0 Å². The summed E-state index contributed by atoms with van der Waals surface area (Å²) in [5.74, 6) is -0.385. The first-order valence-electron chi connectivity index (χ1n) is 7.73. The molecule has 2 aromatic carbocycles. The van der Waals surface area contributed by atoms with E-state index < -0.39 is 11.6 Å². The fourth-order valence-corrected chi connectivity index (χ4v) is 3.12. The van der Waals surface area contributed by atoms with Gasteiger partial charge in [0, 0.05) is 43.4 Å². The zero-order chi connectivity index (χ0) is 16.2. The molecule has 0 saturated carbocycles. The number of benzene rings is 2. The van der Waals surface area contributed by atoms with Gasteiger partial charge < -0.3 is 10.1 Å². The van der Waals surface area contributed by atoms with Crippen molar-refractivity contribution < 1.29 is 13.5 Å². The second kappa shape index (κ2) is 7.06.